The molecule has 0 fully saturated rings. The second-order valence-electron chi connectivity index (χ2n) is 4.97. The highest BCUT2D eigenvalue weighted by Crippen LogP contribution is 2.35. The van der Waals surface area contributed by atoms with Crippen molar-refractivity contribution in [2.45, 2.75) is 6.18 Å². The molecule has 2 aromatic rings. The van der Waals surface area contributed by atoms with Crippen LogP contribution < -0.4 is 14.9 Å². The van der Waals surface area contributed by atoms with E-state index in [0.29, 0.717) is 23.1 Å². The van der Waals surface area contributed by atoms with E-state index >= 15 is 0 Å². The van der Waals surface area contributed by atoms with Gasteiger partial charge in [0.1, 0.15) is 5.69 Å². The normalized spacial score (nSPS) is 11.4. The molecule has 0 aliphatic carbocycles. The third-order valence-electron chi connectivity index (χ3n) is 3.33. The zero-order chi connectivity index (χ0) is 19.3. The Kier molecular flexibility index (Phi) is 5.65. The molecule has 0 amide bonds. The molecule has 7 nitrogen and oxygen atoms in total. The summed E-state index contributed by atoms with van der Waals surface area (Å²) in [6, 6.07) is 7.06. The number of benzene rings is 2. The highest BCUT2D eigenvalue weighted by molar-refractivity contribution is 5.82. The Morgan fingerprint density at radius 2 is 1.81 bits per heavy atom. The lowest BCUT2D eigenvalue weighted by Crippen LogP contribution is -2.06. The SMILES string of the molecule is COc1ccc(C=NNc2ccc(C(F)(F)F)cc2[N+](=O)[O-])cc1OC. The maximum atomic E-state index is 12.7. The fourth-order valence-corrected chi connectivity index (χ4v) is 2.06. The molecule has 10 heteroatoms. The zero-order valence-corrected chi connectivity index (χ0v) is 13.7. The number of ether oxygens (including phenoxy) is 2. The molecule has 0 unspecified atom stereocenters. The summed E-state index contributed by atoms with van der Waals surface area (Å²) in [6.45, 7) is 0. The average Bonchev–Trinajstić information content (AvgIpc) is 2.60. The largest absolute Gasteiger partial charge is 0.493 e. The standard InChI is InChI=1S/C16H14F3N3O4/c1-25-14-6-3-10(7-15(14)26-2)9-20-21-12-5-4-11(16(17,18)19)8-13(12)22(23)24/h3-9,21H,1-2H3. The van der Waals surface area contributed by atoms with Gasteiger partial charge in [0.2, 0.25) is 0 Å². The fourth-order valence-electron chi connectivity index (χ4n) is 2.06. The van der Waals surface area contributed by atoms with E-state index in [2.05, 4.69) is 10.5 Å². The molecular weight excluding hydrogens is 355 g/mol. The van der Waals surface area contributed by atoms with Gasteiger partial charge in [0.15, 0.2) is 11.5 Å². The molecule has 0 bridgehead atoms. The number of halogens is 3. The monoisotopic (exact) mass is 369 g/mol. The van der Waals surface area contributed by atoms with Gasteiger partial charge in [-0.25, -0.2) is 0 Å². The van der Waals surface area contributed by atoms with Crippen molar-refractivity contribution < 1.29 is 27.6 Å². The predicted molar refractivity (Wildman–Crippen MR) is 88.9 cm³/mol. The summed E-state index contributed by atoms with van der Waals surface area (Å²) >= 11 is 0. The first-order valence-electron chi connectivity index (χ1n) is 7.13. The Morgan fingerprint density at radius 3 is 2.38 bits per heavy atom. The Labute approximate surface area is 146 Å². The lowest BCUT2D eigenvalue weighted by Gasteiger charge is -2.09. The number of nitro groups is 1. The van der Waals surface area contributed by atoms with E-state index in [0.717, 1.165) is 12.1 Å². The van der Waals surface area contributed by atoms with Gasteiger partial charge >= 0.3 is 6.18 Å². The molecule has 0 aliphatic heterocycles. The first-order valence-corrected chi connectivity index (χ1v) is 7.13. The summed E-state index contributed by atoms with van der Waals surface area (Å²) in [5, 5.41) is 14.8. The number of hydrazone groups is 1. The summed E-state index contributed by atoms with van der Waals surface area (Å²) in [4.78, 5) is 10.1. The van der Waals surface area contributed by atoms with Crippen LogP contribution in [-0.2, 0) is 6.18 Å². The van der Waals surface area contributed by atoms with Crippen molar-refractivity contribution in [3.63, 3.8) is 0 Å². The van der Waals surface area contributed by atoms with Crippen molar-refractivity contribution in [1.29, 1.82) is 0 Å². The highest BCUT2D eigenvalue weighted by atomic mass is 19.4. The van der Waals surface area contributed by atoms with Gasteiger partial charge in [-0.15, -0.1) is 0 Å². The van der Waals surface area contributed by atoms with Crippen molar-refractivity contribution in [2.75, 3.05) is 19.6 Å². The lowest BCUT2D eigenvalue weighted by atomic mass is 10.1. The van der Waals surface area contributed by atoms with Crippen LogP contribution >= 0.6 is 0 Å². The molecule has 26 heavy (non-hydrogen) atoms. The summed E-state index contributed by atoms with van der Waals surface area (Å²) < 4.78 is 48.3. The average molecular weight is 369 g/mol. The number of nitrogens with zero attached hydrogens (tertiary/aromatic N) is 2. The molecule has 0 heterocycles. The van der Waals surface area contributed by atoms with Gasteiger partial charge < -0.3 is 9.47 Å². The molecular formula is C16H14F3N3O4. The number of hydrogen-bond donors (Lipinski definition) is 1. The number of hydrogen-bond acceptors (Lipinski definition) is 6. The van der Waals surface area contributed by atoms with Crippen LogP contribution in [0.1, 0.15) is 11.1 Å². The minimum Gasteiger partial charge on any atom is -0.493 e. The van der Waals surface area contributed by atoms with E-state index in [-0.39, 0.29) is 5.69 Å². The molecule has 2 rings (SSSR count). The van der Waals surface area contributed by atoms with E-state index in [9.17, 15) is 23.3 Å². The highest BCUT2D eigenvalue weighted by Gasteiger charge is 2.33. The van der Waals surface area contributed by atoms with Crippen LogP contribution in [0.15, 0.2) is 41.5 Å². The number of methoxy groups -OCH3 is 2. The quantitative estimate of drug-likeness (QED) is 0.471. The summed E-state index contributed by atoms with van der Waals surface area (Å²) in [6.07, 6.45) is -3.34. The molecule has 1 N–H and O–H groups in total. The summed E-state index contributed by atoms with van der Waals surface area (Å²) in [5.41, 5.74) is 0.952. The number of nitro benzene ring substituents is 1. The maximum absolute atomic E-state index is 12.7. The van der Waals surface area contributed by atoms with Gasteiger partial charge in [-0.2, -0.15) is 18.3 Å². The number of rotatable bonds is 6. The minimum atomic E-state index is -4.67. The summed E-state index contributed by atoms with van der Waals surface area (Å²) in [7, 11) is 2.94. The summed E-state index contributed by atoms with van der Waals surface area (Å²) in [5.74, 6) is 0.966. The van der Waals surface area contributed by atoms with Crippen LogP contribution in [0.25, 0.3) is 0 Å². The second-order valence-corrected chi connectivity index (χ2v) is 4.97. The van der Waals surface area contributed by atoms with Crippen LogP contribution in [0.5, 0.6) is 11.5 Å². The van der Waals surface area contributed by atoms with Crippen molar-refractivity contribution in [3.8, 4) is 11.5 Å². The third kappa shape index (κ3) is 4.41. The molecule has 0 saturated carbocycles. The van der Waals surface area contributed by atoms with Crippen LogP contribution in [0.4, 0.5) is 24.5 Å². The van der Waals surface area contributed by atoms with E-state index in [4.69, 9.17) is 9.47 Å². The smallest absolute Gasteiger partial charge is 0.416 e. The van der Waals surface area contributed by atoms with Crippen molar-refractivity contribution in [3.05, 3.63) is 57.6 Å². The fraction of sp³-hybridized carbons (Fsp3) is 0.188. The molecule has 2 aromatic carbocycles. The van der Waals surface area contributed by atoms with Gasteiger partial charge in [0.05, 0.1) is 30.9 Å². The van der Waals surface area contributed by atoms with Crippen LogP contribution in [-0.4, -0.2) is 25.4 Å². The molecule has 138 valence electrons. The first-order chi connectivity index (χ1) is 12.3. The maximum Gasteiger partial charge on any atom is 0.416 e. The lowest BCUT2D eigenvalue weighted by molar-refractivity contribution is -0.384. The van der Waals surface area contributed by atoms with Gasteiger partial charge in [0.25, 0.3) is 5.69 Å². The Balaban J connectivity index is 2.23. The number of anilines is 1. The molecule has 0 aliphatic rings. The number of nitrogens with one attached hydrogen (secondary N) is 1. The van der Waals surface area contributed by atoms with E-state index in [1.54, 1.807) is 18.2 Å². The Bertz CT molecular complexity index is 838. The van der Waals surface area contributed by atoms with Crippen LogP contribution in [0.3, 0.4) is 0 Å². The van der Waals surface area contributed by atoms with Crippen LogP contribution in [0.2, 0.25) is 0 Å². The molecule has 0 spiro atoms. The first kappa shape index (κ1) is 19.0. The minimum absolute atomic E-state index is 0.167. The van der Waals surface area contributed by atoms with Gasteiger partial charge in [-0.1, -0.05) is 0 Å². The van der Waals surface area contributed by atoms with E-state index in [1.807, 2.05) is 0 Å². The van der Waals surface area contributed by atoms with Gasteiger partial charge in [-0.3, -0.25) is 15.5 Å². The van der Waals surface area contributed by atoms with E-state index < -0.39 is 22.4 Å². The molecule has 0 radical (unpaired) electrons. The Hall–Kier alpha value is -3.30. The molecule has 0 atom stereocenters. The number of alkyl halides is 3. The Morgan fingerprint density at radius 1 is 1.12 bits per heavy atom. The predicted octanol–water partition coefficient (Wildman–Crippen LogP) is 4.08. The second kappa shape index (κ2) is 7.72. The van der Waals surface area contributed by atoms with Crippen molar-refractivity contribution in [1.82, 2.24) is 0 Å². The van der Waals surface area contributed by atoms with Gasteiger partial charge in [0, 0.05) is 6.07 Å². The van der Waals surface area contributed by atoms with Crippen molar-refractivity contribution in [2.24, 2.45) is 5.10 Å². The third-order valence-corrected chi connectivity index (χ3v) is 3.33. The van der Waals surface area contributed by atoms with Crippen molar-refractivity contribution >= 4 is 17.6 Å². The van der Waals surface area contributed by atoms with Crippen LogP contribution in [0, 0.1) is 10.1 Å². The molecule has 0 aromatic heterocycles. The molecule has 0 saturated heterocycles. The zero-order valence-electron chi connectivity index (χ0n) is 13.7. The topological polar surface area (TPSA) is 86.0 Å². The van der Waals surface area contributed by atoms with Gasteiger partial charge in [-0.05, 0) is 35.9 Å². The van der Waals surface area contributed by atoms with E-state index in [1.165, 1.54) is 20.4 Å².